The Bertz CT molecular complexity index is 1120. The number of hydrogen-bond acceptors (Lipinski definition) is 5. The van der Waals surface area contributed by atoms with Crippen molar-refractivity contribution in [3.63, 3.8) is 0 Å². The van der Waals surface area contributed by atoms with Crippen LogP contribution in [0.3, 0.4) is 0 Å². The summed E-state index contributed by atoms with van der Waals surface area (Å²) < 4.78 is 26.8. The van der Waals surface area contributed by atoms with E-state index in [0.29, 0.717) is 23.2 Å². The first-order valence-corrected chi connectivity index (χ1v) is 10.2. The average molecular weight is 428 g/mol. The summed E-state index contributed by atoms with van der Waals surface area (Å²) in [6.45, 7) is 2.52. The number of nitrogens with zero attached hydrogens (tertiary/aromatic N) is 3. The molecule has 0 radical (unpaired) electrons. The van der Waals surface area contributed by atoms with Crippen molar-refractivity contribution < 1.29 is 18.4 Å². The summed E-state index contributed by atoms with van der Waals surface area (Å²) in [5, 5.41) is 11.0. The lowest BCUT2D eigenvalue weighted by atomic mass is 10.1. The Labute approximate surface area is 175 Å². The Morgan fingerprint density at radius 2 is 2.00 bits per heavy atom. The third-order valence-corrected chi connectivity index (χ3v) is 5.90. The van der Waals surface area contributed by atoms with Crippen LogP contribution in [0, 0.1) is 18.6 Å². The van der Waals surface area contributed by atoms with Crippen molar-refractivity contribution in [1.82, 2.24) is 15.1 Å². The zero-order chi connectivity index (χ0) is 21.3. The summed E-state index contributed by atoms with van der Waals surface area (Å²) in [7, 11) is 0. The predicted molar refractivity (Wildman–Crippen MR) is 108 cm³/mol. The molecule has 4 rings (SSSR count). The number of carbonyl (C=O) groups excluding carboxylic acids is 2. The number of aryl methyl sites for hydroxylation is 1. The highest BCUT2D eigenvalue weighted by atomic mass is 32.1. The van der Waals surface area contributed by atoms with E-state index in [4.69, 9.17) is 0 Å². The van der Waals surface area contributed by atoms with E-state index in [-0.39, 0.29) is 22.6 Å². The Balaban J connectivity index is 1.51. The average Bonchev–Trinajstić information content (AvgIpc) is 3.38. The monoisotopic (exact) mass is 428 g/mol. The SMILES string of the molecule is Cc1cccc(C(=O)N2CCC[C@H]2c2nnc(C(=O)Nc3ccc(F)cc3F)s2)c1. The maximum absolute atomic E-state index is 13.8. The van der Waals surface area contributed by atoms with Gasteiger partial charge in [0.1, 0.15) is 16.6 Å². The molecule has 2 amide bonds. The van der Waals surface area contributed by atoms with Crippen LogP contribution in [0.15, 0.2) is 42.5 Å². The Hall–Kier alpha value is -3.20. The molecule has 1 atom stereocenters. The molecule has 154 valence electrons. The highest BCUT2D eigenvalue weighted by Crippen LogP contribution is 2.35. The number of anilines is 1. The van der Waals surface area contributed by atoms with Gasteiger partial charge in [-0.1, -0.05) is 29.0 Å². The van der Waals surface area contributed by atoms with Crippen LogP contribution < -0.4 is 5.32 Å². The molecular weight excluding hydrogens is 410 g/mol. The number of hydrogen-bond donors (Lipinski definition) is 1. The summed E-state index contributed by atoms with van der Waals surface area (Å²) in [4.78, 5) is 27.1. The first-order valence-electron chi connectivity index (χ1n) is 9.40. The van der Waals surface area contributed by atoms with Gasteiger partial charge < -0.3 is 10.2 Å². The molecule has 1 N–H and O–H groups in total. The van der Waals surface area contributed by atoms with Crippen molar-refractivity contribution in [3.8, 4) is 0 Å². The lowest BCUT2D eigenvalue weighted by molar-refractivity contribution is 0.0734. The van der Waals surface area contributed by atoms with Crippen LogP contribution in [0.1, 0.15) is 49.6 Å². The molecule has 9 heteroatoms. The van der Waals surface area contributed by atoms with Gasteiger partial charge in [0.25, 0.3) is 11.8 Å². The normalized spacial score (nSPS) is 16.0. The fraction of sp³-hybridized carbons (Fsp3) is 0.238. The van der Waals surface area contributed by atoms with Crippen molar-refractivity contribution in [2.45, 2.75) is 25.8 Å². The van der Waals surface area contributed by atoms with E-state index in [1.165, 1.54) is 0 Å². The lowest BCUT2D eigenvalue weighted by Crippen LogP contribution is -2.30. The van der Waals surface area contributed by atoms with Gasteiger partial charge in [0, 0.05) is 18.2 Å². The topological polar surface area (TPSA) is 75.2 Å². The van der Waals surface area contributed by atoms with E-state index in [1.807, 2.05) is 25.1 Å². The maximum Gasteiger partial charge on any atom is 0.286 e. The molecule has 30 heavy (non-hydrogen) atoms. The molecule has 2 aromatic carbocycles. The molecule has 0 spiro atoms. The van der Waals surface area contributed by atoms with E-state index in [0.717, 1.165) is 41.9 Å². The molecule has 0 saturated carbocycles. The number of halogens is 2. The van der Waals surface area contributed by atoms with Gasteiger partial charge in [-0.15, -0.1) is 10.2 Å². The molecule has 1 aromatic heterocycles. The quantitative estimate of drug-likeness (QED) is 0.670. The molecular formula is C21H18F2N4O2S. The van der Waals surface area contributed by atoms with Gasteiger partial charge in [-0.05, 0) is 44.0 Å². The van der Waals surface area contributed by atoms with Gasteiger partial charge in [-0.25, -0.2) is 8.78 Å². The number of amides is 2. The standard InChI is InChI=1S/C21H18F2N4O2S/c1-12-4-2-5-13(10-12)21(29)27-9-3-6-17(27)19-25-26-20(30-19)18(28)24-16-8-7-14(22)11-15(16)23/h2,4-5,7-8,10-11,17H,3,6,9H2,1H3,(H,24,28)/t17-/m0/s1. The number of carbonyl (C=O) groups is 2. The summed E-state index contributed by atoms with van der Waals surface area (Å²) in [6, 6.07) is 10.0. The van der Waals surface area contributed by atoms with E-state index >= 15 is 0 Å². The molecule has 0 unspecified atom stereocenters. The van der Waals surface area contributed by atoms with Crippen LogP contribution in [-0.2, 0) is 0 Å². The Morgan fingerprint density at radius 3 is 2.77 bits per heavy atom. The Kier molecular flexibility index (Phi) is 5.54. The molecule has 1 fully saturated rings. The minimum absolute atomic E-state index is 0.0450. The molecule has 1 aliphatic heterocycles. The fourth-order valence-corrected chi connectivity index (χ4v) is 4.32. The largest absolute Gasteiger partial charge is 0.329 e. The molecule has 0 aliphatic carbocycles. The summed E-state index contributed by atoms with van der Waals surface area (Å²) in [6.07, 6.45) is 1.55. The van der Waals surface area contributed by atoms with E-state index in [1.54, 1.807) is 11.0 Å². The van der Waals surface area contributed by atoms with E-state index in [9.17, 15) is 18.4 Å². The number of rotatable bonds is 4. The van der Waals surface area contributed by atoms with Crippen molar-refractivity contribution >= 4 is 28.8 Å². The molecule has 0 bridgehead atoms. The number of benzene rings is 2. The van der Waals surface area contributed by atoms with Crippen molar-refractivity contribution in [2.24, 2.45) is 0 Å². The minimum Gasteiger partial charge on any atom is -0.329 e. The first kappa shape index (κ1) is 20.1. The summed E-state index contributed by atoms with van der Waals surface area (Å²) in [5.74, 6) is -2.34. The van der Waals surface area contributed by atoms with Gasteiger partial charge in [0.05, 0.1) is 11.7 Å². The van der Waals surface area contributed by atoms with Crippen LogP contribution >= 0.6 is 11.3 Å². The van der Waals surface area contributed by atoms with Crippen molar-refractivity contribution in [3.05, 3.63) is 75.2 Å². The van der Waals surface area contributed by atoms with Crippen LogP contribution in [-0.4, -0.2) is 33.5 Å². The molecule has 3 aromatic rings. The second-order valence-corrected chi connectivity index (χ2v) is 8.06. The van der Waals surface area contributed by atoms with Crippen LogP contribution in [0.2, 0.25) is 0 Å². The fourth-order valence-electron chi connectivity index (χ4n) is 3.44. The van der Waals surface area contributed by atoms with Crippen LogP contribution in [0.5, 0.6) is 0 Å². The lowest BCUT2D eigenvalue weighted by Gasteiger charge is -2.23. The second-order valence-electron chi connectivity index (χ2n) is 7.05. The Morgan fingerprint density at radius 1 is 1.17 bits per heavy atom. The van der Waals surface area contributed by atoms with Crippen LogP contribution in [0.25, 0.3) is 0 Å². The highest BCUT2D eigenvalue weighted by molar-refractivity contribution is 7.13. The van der Waals surface area contributed by atoms with Gasteiger partial charge >= 0.3 is 0 Å². The van der Waals surface area contributed by atoms with E-state index in [2.05, 4.69) is 15.5 Å². The molecule has 2 heterocycles. The molecule has 1 aliphatic rings. The van der Waals surface area contributed by atoms with Gasteiger partial charge in [0.15, 0.2) is 0 Å². The first-order chi connectivity index (χ1) is 14.4. The smallest absolute Gasteiger partial charge is 0.286 e. The predicted octanol–water partition coefficient (Wildman–Crippen LogP) is 4.35. The maximum atomic E-state index is 13.8. The molecule has 1 saturated heterocycles. The number of likely N-dealkylation sites (tertiary alicyclic amines) is 1. The van der Waals surface area contributed by atoms with E-state index < -0.39 is 17.5 Å². The van der Waals surface area contributed by atoms with Gasteiger partial charge in [-0.2, -0.15) is 0 Å². The molecule has 6 nitrogen and oxygen atoms in total. The number of aromatic nitrogens is 2. The van der Waals surface area contributed by atoms with Gasteiger partial charge in [0.2, 0.25) is 5.01 Å². The second kappa shape index (κ2) is 8.27. The highest BCUT2D eigenvalue weighted by Gasteiger charge is 2.33. The third-order valence-electron chi connectivity index (χ3n) is 4.88. The van der Waals surface area contributed by atoms with Crippen LogP contribution in [0.4, 0.5) is 14.5 Å². The van der Waals surface area contributed by atoms with Gasteiger partial charge in [-0.3, -0.25) is 9.59 Å². The minimum atomic E-state index is -0.876. The summed E-state index contributed by atoms with van der Waals surface area (Å²) >= 11 is 1.06. The number of nitrogens with one attached hydrogen (secondary N) is 1. The zero-order valence-electron chi connectivity index (χ0n) is 16.1. The van der Waals surface area contributed by atoms with Crippen molar-refractivity contribution in [2.75, 3.05) is 11.9 Å². The zero-order valence-corrected chi connectivity index (χ0v) is 16.9. The summed E-state index contributed by atoms with van der Waals surface area (Å²) in [5.41, 5.74) is 1.46. The van der Waals surface area contributed by atoms with Crippen molar-refractivity contribution in [1.29, 1.82) is 0 Å². The third kappa shape index (κ3) is 4.06.